The third-order valence-electron chi connectivity index (χ3n) is 17.9. The zero-order valence-corrected chi connectivity index (χ0v) is 37.0. The van der Waals surface area contributed by atoms with Crippen LogP contribution in [-0.2, 0) is 33.3 Å². The quantitative estimate of drug-likeness (QED) is 0.0762. The number of esters is 2. The molecule has 14 nitrogen and oxygen atoms in total. The molecule has 0 radical (unpaired) electrons. The number of aliphatic hydroxyl groups excluding tert-OH is 7. The summed E-state index contributed by atoms with van der Waals surface area (Å²) in [7, 11) is 0. The SMILES string of the molecule is CCCCOC(=O)[C@H]1O[C@@H](O[C@H]2CC[C@@]3(C)[C@H](CC[C@]4(C)[C@@H]3CC=C3[C@H]5CC(C)(C)CC[C@]5(C(=O)O[C@@H]5O[C@H](CO)[C@@H](O)[C@H](O)[C@H]5O)CC[C@]34C)C2(C)C)[C@H](O)[C@@H](O)[C@@H]1O. The minimum Gasteiger partial charge on any atom is -0.464 e. The van der Waals surface area contributed by atoms with Gasteiger partial charge in [0.05, 0.1) is 24.7 Å². The van der Waals surface area contributed by atoms with Crippen LogP contribution in [0.5, 0.6) is 0 Å². The van der Waals surface area contributed by atoms with Crippen LogP contribution in [0, 0.1) is 50.2 Å². The Bertz CT molecular complexity index is 1630. The standard InChI is InChI=1S/C46H74O14/c1-9-10-21-56-37(54)36-33(51)32(50)35(53)39(59-36)58-29-14-15-43(6)27(42(29,4)5)13-16-45(8)28(43)12-11-24-25-22-41(2,3)17-19-46(25,20-18-44(24,45)7)40(55)60-38-34(52)31(49)30(48)26(23-47)57-38/h11,25-36,38-39,47-53H,9-10,12-23H2,1-8H3/t25-,26-,27-,28-,29+,30-,31+,32+,33+,34-,35-,36+,38+,39-,43+,44-,45-,46+/m1/s1. The van der Waals surface area contributed by atoms with Crippen molar-refractivity contribution in [2.24, 2.45) is 50.2 Å². The molecule has 5 aliphatic carbocycles. The number of unbranched alkanes of at least 4 members (excludes halogenated alkanes) is 1. The van der Waals surface area contributed by atoms with Gasteiger partial charge < -0.3 is 59.4 Å². The smallest absolute Gasteiger partial charge is 0.338 e. The lowest BCUT2D eigenvalue weighted by Gasteiger charge is -2.71. The highest BCUT2D eigenvalue weighted by molar-refractivity contribution is 5.79. The summed E-state index contributed by atoms with van der Waals surface area (Å²) in [6, 6.07) is 0. The lowest BCUT2D eigenvalue weighted by Crippen LogP contribution is -2.66. The van der Waals surface area contributed by atoms with E-state index in [4.69, 9.17) is 23.7 Å². The molecule has 0 aromatic carbocycles. The molecule has 0 aromatic heterocycles. The summed E-state index contributed by atoms with van der Waals surface area (Å²) in [5.74, 6) is -0.815. The molecule has 0 bridgehead atoms. The van der Waals surface area contributed by atoms with Gasteiger partial charge in [-0.1, -0.05) is 73.5 Å². The first-order chi connectivity index (χ1) is 28.0. The van der Waals surface area contributed by atoms with E-state index in [9.17, 15) is 45.3 Å². The van der Waals surface area contributed by atoms with E-state index in [-0.39, 0.29) is 51.6 Å². The minimum atomic E-state index is -1.67. The number of carbonyl (C=O) groups excluding carboxylic acids is 2. The normalized spacial score (nSPS) is 49.5. The molecule has 6 fully saturated rings. The lowest BCUT2D eigenvalue weighted by molar-refractivity contribution is -0.324. The van der Waals surface area contributed by atoms with E-state index < -0.39 is 85.4 Å². The highest BCUT2D eigenvalue weighted by atomic mass is 16.7. The maximum absolute atomic E-state index is 14.6. The van der Waals surface area contributed by atoms with Crippen LogP contribution in [0.2, 0.25) is 0 Å². The summed E-state index contributed by atoms with van der Waals surface area (Å²) in [5, 5.41) is 74.0. The van der Waals surface area contributed by atoms with Gasteiger partial charge in [0.1, 0.15) is 42.7 Å². The summed E-state index contributed by atoms with van der Waals surface area (Å²) < 4.78 is 29.4. The Morgan fingerprint density at radius 3 is 2.12 bits per heavy atom. The molecule has 2 heterocycles. The average Bonchev–Trinajstić information content (AvgIpc) is 3.19. The van der Waals surface area contributed by atoms with E-state index in [2.05, 4.69) is 54.5 Å². The topological polar surface area (TPSA) is 222 Å². The number of hydrogen-bond donors (Lipinski definition) is 7. The van der Waals surface area contributed by atoms with Gasteiger partial charge in [0, 0.05) is 0 Å². The number of allylic oxidation sites excluding steroid dienone is 2. The molecule has 14 heteroatoms. The Hall–Kier alpha value is -1.72. The van der Waals surface area contributed by atoms with Crippen LogP contribution >= 0.6 is 0 Å². The van der Waals surface area contributed by atoms with E-state index >= 15 is 0 Å². The first-order valence-corrected chi connectivity index (χ1v) is 22.8. The molecule has 60 heavy (non-hydrogen) atoms. The molecule has 0 aromatic rings. The molecule has 2 aliphatic heterocycles. The maximum atomic E-state index is 14.6. The molecule has 0 amide bonds. The molecule has 4 saturated carbocycles. The number of hydrogen-bond acceptors (Lipinski definition) is 14. The van der Waals surface area contributed by atoms with Crippen LogP contribution in [0.1, 0.15) is 132 Å². The van der Waals surface area contributed by atoms with Gasteiger partial charge >= 0.3 is 11.9 Å². The monoisotopic (exact) mass is 851 g/mol. The van der Waals surface area contributed by atoms with Gasteiger partial charge in [0.15, 0.2) is 12.4 Å². The van der Waals surface area contributed by atoms with Crippen LogP contribution in [0.3, 0.4) is 0 Å². The first kappa shape index (κ1) is 46.3. The van der Waals surface area contributed by atoms with Crippen LogP contribution < -0.4 is 0 Å². The highest BCUT2D eigenvalue weighted by Crippen LogP contribution is 2.76. The number of aliphatic hydroxyl groups is 7. The fraction of sp³-hybridized carbons (Fsp3) is 0.913. The fourth-order valence-corrected chi connectivity index (χ4v) is 13.9. The van der Waals surface area contributed by atoms with Crippen molar-refractivity contribution in [3.63, 3.8) is 0 Å². The summed E-state index contributed by atoms with van der Waals surface area (Å²) in [6.07, 6.45) is -3.85. The second-order valence-corrected chi connectivity index (χ2v) is 21.9. The van der Waals surface area contributed by atoms with Crippen LogP contribution in [0.4, 0.5) is 0 Å². The third kappa shape index (κ3) is 7.23. The molecule has 7 N–H and O–H groups in total. The molecule has 0 spiro atoms. The van der Waals surface area contributed by atoms with Gasteiger partial charge in [-0.2, -0.15) is 0 Å². The number of carbonyl (C=O) groups is 2. The first-order valence-electron chi connectivity index (χ1n) is 22.8. The van der Waals surface area contributed by atoms with E-state index in [0.717, 1.165) is 51.4 Å². The maximum Gasteiger partial charge on any atom is 0.338 e. The highest BCUT2D eigenvalue weighted by Gasteiger charge is 2.70. The number of rotatable bonds is 9. The van der Waals surface area contributed by atoms with Crippen LogP contribution in [-0.4, -0.2) is 128 Å². The van der Waals surface area contributed by atoms with E-state index in [1.807, 2.05) is 6.92 Å². The van der Waals surface area contributed by atoms with Crippen molar-refractivity contribution in [3.05, 3.63) is 11.6 Å². The Balaban J connectivity index is 1.13. The van der Waals surface area contributed by atoms with E-state index in [0.29, 0.717) is 31.6 Å². The molecule has 18 atom stereocenters. The molecule has 2 saturated heterocycles. The Labute approximate surface area is 355 Å². The predicted molar refractivity (Wildman–Crippen MR) is 216 cm³/mol. The van der Waals surface area contributed by atoms with Crippen molar-refractivity contribution in [2.75, 3.05) is 13.2 Å². The third-order valence-corrected chi connectivity index (χ3v) is 17.9. The minimum absolute atomic E-state index is 0.0282. The van der Waals surface area contributed by atoms with E-state index in [1.165, 1.54) is 5.57 Å². The van der Waals surface area contributed by atoms with Crippen LogP contribution in [0.25, 0.3) is 0 Å². The zero-order valence-electron chi connectivity index (χ0n) is 37.0. The molecule has 7 aliphatic rings. The lowest BCUT2D eigenvalue weighted by atomic mass is 9.33. The second-order valence-electron chi connectivity index (χ2n) is 21.9. The zero-order chi connectivity index (χ0) is 44.0. The second kappa shape index (κ2) is 16.4. The van der Waals surface area contributed by atoms with Crippen molar-refractivity contribution in [1.82, 2.24) is 0 Å². The molecule has 0 unspecified atom stereocenters. The van der Waals surface area contributed by atoms with Gasteiger partial charge in [0.25, 0.3) is 0 Å². The summed E-state index contributed by atoms with van der Waals surface area (Å²) >= 11 is 0. The van der Waals surface area contributed by atoms with Crippen LogP contribution in [0.15, 0.2) is 11.6 Å². The predicted octanol–water partition coefficient (Wildman–Crippen LogP) is 3.67. The largest absolute Gasteiger partial charge is 0.464 e. The van der Waals surface area contributed by atoms with E-state index in [1.54, 1.807) is 0 Å². The van der Waals surface area contributed by atoms with Crippen molar-refractivity contribution in [3.8, 4) is 0 Å². The molecule has 7 rings (SSSR count). The van der Waals surface area contributed by atoms with Gasteiger partial charge in [-0.05, 0) is 115 Å². The van der Waals surface area contributed by atoms with Gasteiger partial charge in [-0.15, -0.1) is 0 Å². The Morgan fingerprint density at radius 2 is 1.43 bits per heavy atom. The molecular weight excluding hydrogens is 776 g/mol. The number of fused-ring (bicyclic) bond motifs is 7. The fourth-order valence-electron chi connectivity index (χ4n) is 13.9. The Morgan fingerprint density at radius 1 is 0.767 bits per heavy atom. The number of ether oxygens (including phenoxy) is 5. The average molecular weight is 851 g/mol. The van der Waals surface area contributed by atoms with Crippen molar-refractivity contribution in [1.29, 1.82) is 0 Å². The van der Waals surface area contributed by atoms with Crippen molar-refractivity contribution in [2.45, 2.75) is 200 Å². The molecule has 342 valence electrons. The molecular formula is C46H74O14. The van der Waals surface area contributed by atoms with Gasteiger partial charge in [0.2, 0.25) is 6.29 Å². The summed E-state index contributed by atoms with van der Waals surface area (Å²) in [4.78, 5) is 27.5. The Kier molecular flexibility index (Phi) is 12.6. The van der Waals surface area contributed by atoms with Gasteiger partial charge in [-0.3, -0.25) is 4.79 Å². The van der Waals surface area contributed by atoms with Gasteiger partial charge in [-0.25, -0.2) is 4.79 Å². The van der Waals surface area contributed by atoms with Crippen molar-refractivity contribution < 1.29 is 69.0 Å². The van der Waals surface area contributed by atoms with Crippen molar-refractivity contribution >= 4 is 11.9 Å². The summed E-state index contributed by atoms with van der Waals surface area (Å²) in [5.41, 5.74) is -0.363. The summed E-state index contributed by atoms with van der Waals surface area (Å²) in [6.45, 7) is 17.8.